The minimum Gasteiger partial charge on any atom is -0.349 e. The van der Waals surface area contributed by atoms with E-state index in [0.29, 0.717) is 32.0 Å². The number of carbonyl (C=O) groups is 2. The molecule has 2 aliphatic rings. The minimum atomic E-state index is -0.335. The van der Waals surface area contributed by atoms with E-state index >= 15 is 0 Å². The fourth-order valence-corrected chi connectivity index (χ4v) is 4.85. The zero-order valence-corrected chi connectivity index (χ0v) is 19.7. The number of amides is 3. The standard InChI is InChI=1S/C25H37N5O2/c1-4-12-30-18(2)15-20(19(30)3)16-21(17-26)24(31)27-23-10-13-29(14-11-23)25(32)28-22-8-6-5-7-9-22/h15-16,22-23H,4-14H2,1-3H3,(H,27,31)(H,28,32)/b21-16-. The highest BCUT2D eigenvalue weighted by atomic mass is 16.2. The van der Waals surface area contributed by atoms with Gasteiger partial charge in [-0.05, 0) is 63.7 Å². The van der Waals surface area contributed by atoms with Gasteiger partial charge in [-0.3, -0.25) is 4.79 Å². The van der Waals surface area contributed by atoms with E-state index in [2.05, 4.69) is 28.2 Å². The average molecular weight is 440 g/mol. The van der Waals surface area contributed by atoms with Gasteiger partial charge in [-0.25, -0.2) is 4.79 Å². The zero-order chi connectivity index (χ0) is 23.1. The van der Waals surface area contributed by atoms with Crippen LogP contribution in [0.4, 0.5) is 4.79 Å². The molecule has 2 fully saturated rings. The molecule has 7 heteroatoms. The Kier molecular flexibility index (Phi) is 8.38. The molecule has 0 atom stereocenters. The molecule has 0 unspecified atom stereocenters. The summed E-state index contributed by atoms with van der Waals surface area (Å²) in [6.07, 6.45) is 9.91. The predicted octanol–water partition coefficient (Wildman–Crippen LogP) is 4.04. The Labute approximate surface area is 191 Å². The van der Waals surface area contributed by atoms with Gasteiger partial charge in [0.1, 0.15) is 11.6 Å². The summed E-state index contributed by atoms with van der Waals surface area (Å²) in [4.78, 5) is 27.1. The maximum atomic E-state index is 12.8. The number of carbonyl (C=O) groups excluding carboxylic acids is 2. The molecule has 1 aromatic rings. The highest BCUT2D eigenvalue weighted by Gasteiger charge is 2.26. The van der Waals surface area contributed by atoms with Crippen LogP contribution in [0.3, 0.4) is 0 Å². The highest BCUT2D eigenvalue weighted by molar-refractivity contribution is 6.02. The number of hydrogen-bond donors (Lipinski definition) is 2. The Bertz CT molecular complexity index is 881. The fourth-order valence-electron chi connectivity index (χ4n) is 4.85. The van der Waals surface area contributed by atoms with Crippen LogP contribution < -0.4 is 10.6 Å². The van der Waals surface area contributed by atoms with Crippen molar-refractivity contribution in [2.45, 2.75) is 90.8 Å². The Hall–Kier alpha value is -2.75. The molecule has 1 saturated carbocycles. The smallest absolute Gasteiger partial charge is 0.317 e. The molecule has 32 heavy (non-hydrogen) atoms. The van der Waals surface area contributed by atoms with Gasteiger partial charge >= 0.3 is 6.03 Å². The number of nitriles is 1. The van der Waals surface area contributed by atoms with Crippen LogP contribution in [0.15, 0.2) is 11.6 Å². The average Bonchev–Trinajstić information content (AvgIpc) is 3.06. The van der Waals surface area contributed by atoms with Crippen LogP contribution in [0.2, 0.25) is 0 Å². The molecule has 2 heterocycles. The van der Waals surface area contributed by atoms with Gasteiger partial charge < -0.3 is 20.1 Å². The Morgan fingerprint density at radius 2 is 1.75 bits per heavy atom. The summed E-state index contributed by atoms with van der Waals surface area (Å²) >= 11 is 0. The largest absolute Gasteiger partial charge is 0.349 e. The number of nitrogens with zero attached hydrogens (tertiary/aromatic N) is 3. The number of aryl methyl sites for hydroxylation is 1. The molecular weight excluding hydrogens is 402 g/mol. The van der Waals surface area contributed by atoms with Crippen molar-refractivity contribution in [1.82, 2.24) is 20.1 Å². The third kappa shape index (κ3) is 5.93. The van der Waals surface area contributed by atoms with Gasteiger partial charge in [0.2, 0.25) is 0 Å². The molecule has 0 radical (unpaired) electrons. The summed E-state index contributed by atoms with van der Waals surface area (Å²) in [6.45, 7) is 8.36. The second-order valence-electron chi connectivity index (χ2n) is 9.17. The quantitative estimate of drug-likeness (QED) is 0.518. The highest BCUT2D eigenvalue weighted by Crippen LogP contribution is 2.20. The van der Waals surface area contributed by atoms with E-state index in [4.69, 9.17) is 0 Å². The van der Waals surface area contributed by atoms with Gasteiger partial charge in [-0.2, -0.15) is 5.26 Å². The van der Waals surface area contributed by atoms with Gasteiger partial charge in [0, 0.05) is 43.1 Å². The molecule has 2 N–H and O–H groups in total. The maximum Gasteiger partial charge on any atom is 0.317 e. The molecule has 3 amide bonds. The van der Waals surface area contributed by atoms with Crippen LogP contribution in [0, 0.1) is 25.2 Å². The van der Waals surface area contributed by atoms with E-state index in [1.54, 1.807) is 6.08 Å². The summed E-state index contributed by atoms with van der Waals surface area (Å²) in [7, 11) is 0. The molecule has 1 aliphatic heterocycles. The van der Waals surface area contributed by atoms with Gasteiger partial charge in [0.15, 0.2) is 0 Å². The summed E-state index contributed by atoms with van der Waals surface area (Å²) in [5.41, 5.74) is 3.24. The van der Waals surface area contributed by atoms with E-state index in [1.165, 1.54) is 19.3 Å². The summed E-state index contributed by atoms with van der Waals surface area (Å²) < 4.78 is 2.22. The molecule has 0 bridgehead atoms. The number of urea groups is 1. The van der Waals surface area contributed by atoms with Crippen LogP contribution >= 0.6 is 0 Å². The van der Waals surface area contributed by atoms with Gasteiger partial charge in [-0.1, -0.05) is 26.2 Å². The van der Waals surface area contributed by atoms with Crippen LogP contribution in [0.1, 0.15) is 75.2 Å². The third-order valence-electron chi connectivity index (χ3n) is 6.78. The number of likely N-dealkylation sites (tertiary alicyclic amines) is 1. The van der Waals surface area contributed by atoms with E-state index < -0.39 is 0 Å². The van der Waals surface area contributed by atoms with Gasteiger partial charge in [0.05, 0.1) is 0 Å². The van der Waals surface area contributed by atoms with Crippen molar-refractivity contribution < 1.29 is 9.59 Å². The first-order valence-corrected chi connectivity index (χ1v) is 12.1. The van der Waals surface area contributed by atoms with Crippen LogP contribution in [-0.4, -0.2) is 46.6 Å². The van der Waals surface area contributed by atoms with Crippen molar-refractivity contribution in [2.24, 2.45) is 0 Å². The lowest BCUT2D eigenvalue weighted by atomic mass is 9.95. The molecule has 1 saturated heterocycles. The lowest BCUT2D eigenvalue weighted by Gasteiger charge is -2.34. The third-order valence-corrected chi connectivity index (χ3v) is 6.78. The van der Waals surface area contributed by atoms with Crippen molar-refractivity contribution in [2.75, 3.05) is 13.1 Å². The van der Waals surface area contributed by atoms with Crippen molar-refractivity contribution in [3.8, 4) is 6.07 Å². The number of aromatic nitrogens is 1. The van der Waals surface area contributed by atoms with E-state index in [0.717, 1.165) is 42.8 Å². The normalized spacial score (nSPS) is 18.3. The van der Waals surface area contributed by atoms with E-state index in [1.807, 2.05) is 24.8 Å². The van der Waals surface area contributed by atoms with Crippen molar-refractivity contribution in [3.63, 3.8) is 0 Å². The monoisotopic (exact) mass is 439 g/mol. The SMILES string of the molecule is CCCn1c(C)cc(/C=C(/C#N)C(=O)NC2CCN(C(=O)NC3CCCCC3)CC2)c1C. The second kappa shape index (κ2) is 11.2. The molecule has 1 aliphatic carbocycles. The number of rotatable bonds is 6. The zero-order valence-electron chi connectivity index (χ0n) is 19.7. The summed E-state index contributed by atoms with van der Waals surface area (Å²) in [6, 6.07) is 4.39. The molecule has 0 aromatic carbocycles. The molecule has 7 nitrogen and oxygen atoms in total. The number of hydrogen-bond acceptors (Lipinski definition) is 3. The topological polar surface area (TPSA) is 90.2 Å². The first-order chi connectivity index (χ1) is 15.4. The van der Waals surface area contributed by atoms with E-state index in [-0.39, 0.29) is 23.6 Å². The van der Waals surface area contributed by atoms with Crippen molar-refractivity contribution in [1.29, 1.82) is 5.26 Å². The lowest BCUT2D eigenvalue weighted by Crippen LogP contribution is -2.51. The molecule has 0 spiro atoms. The van der Waals surface area contributed by atoms with Crippen LogP contribution in [0.5, 0.6) is 0 Å². The Morgan fingerprint density at radius 3 is 2.38 bits per heavy atom. The fraction of sp³-hybridized carbons (Fsp3) is 0.640. The Balaban J connectivity index is 1.53. The molecule has 3 rings (SSSR count). The van der Waals surface area contributed by atoms with E-state index in [9.17, 15) is 14.9 Å². The minimum absolute atomic E-state index is 0.0155. The summed E-state index contributed by atoms with van der Waals surface area (Å²) in [5, 5.41) is 15.7. The maximum absolute atomic E-state index is 12.8. The number of piperidine rings is 1. The summed E-state index contributed by atoms with van der Waals surface area (Å²) in [5.74, 6) is -0.335. The first kappa shape index (κ1) is 23.9. The number of nitrogens with one attached hydrogen (secondary N) is 2. The molecule has 174 valence electrons. The van der Waals surface area contributed by atoms with Gasteiger partial charge in [-0.15, -0.1) is 0 Å². The van der Waals surface area contributed by atoms with Crippen molar-refractivity contribution in [3.05, 3.63) is 28.6 Å². The van der Waals surface area contributed by atoms with Gasteiger partial charge in [0.25, 0.3) is 5.91 Å². The molecular formula is C25H37N5O2. The van der Waals surface area contributed by atoms with Crippen molar-refractivity contribution >= 4 is 18.0 Å². The predicted molar refractivity (Wildman–Crippen MR) is 126 cm³/mol. The van der Waals surface area contributed by atoms with Crippen LogP contribution in [0.25, 0.3) is 6.08 Å². The van der Waals surface area contributed by atoms with Crippen LogP contribution in [-0.2, 0) is 11.3 Å². The first-order valence-electron chi connectivity index (χ1n) is 12.1. The Morgan fingerprint density at radius 1 is 1.09 bits per heavy atom. The molecule has 1 aromatic heterocycles. The lowest BCUT2D eigenvalue weighted by molar-refractivity contribution is -0.117. The second-order valence-corrected chi connectivity index (χ2v) is 9.17.